The lowest BCUT2D eigenvalue weighted by Crippen LogP contribution is -2.38. The quantitative estimate of drug-likeness (QED) is 0.811. The summed E-state index contributed by atoms with van der Waals surface area (Å²) in [4.78, 5) is 13.0. The molecule has 1 unspecified atom stereocenters. The Hall–Kier alpha value is -1.35. The first-order valence-electron chi connectivity index (χ1n) is 5.57. The molecule has 0 aliphatic heterocycles. The Balaban J connectivity index is 2.31. The maximum absolute atomic E-state index is 11.4. The van der Waals surface area contributed by atoms with Crippen LogP contribution in [-0.4, -0.2) is 37.5 Å². The molecule has 1 aromatic carbocycles. The molecule has 1 aromatic rings. The van der Waals surface area contributed by atoms with E-state index in [0.717, 1.165) is 6.42 Å². The zero-order valence-corrected chi connectivity index (χ0v) is 10.2. The van der Waals surface area contributed by atoms with E-state index in [4.69, 9.17) is 0 Å². The van der Waals surface area contributed by atoms with E-state index in [-0.39, 0.29) is 5.91 Å². The maximum atomic E-state index is 11.4. The lowest BCUT2D eigenvalue weighted by Gasteiger charge is -2.16. The maximum Gasteiger partial charge on any atom is 0.236 e. The van der Waals surface area contributed by atoms with Crippen LogP contribution in [0, 0.1) is 0 Å². The normalized spacial score (nSPS) is 12.2. The molecule has 1 rings (SSSR count). The Morgan fingerprint density at radius 2 is 1.94 bits per heavy atom. The molecule has 0 saturated heterocycles. The number of carbonyl (C=O) groups excluding carboxylic acids is 1. The van der Waals surface area contributed by atoms with Gasteiger partial charge in [0.25, 0.3) is 0 Å². The Labute approximate surface area is 97.5 Å². The van der Waals surface area contributed by atoms with Crippen LogP contribution < -0.4 is 5.32 Å². The van der Waals surface area contributed by atoms with E-state index in [1.54, 1.807) is 19.0 Å². The average Bonchev–Trinajstić information content (AvgIpc) is 2.27. The number of nitrogens with zero attached hydrogens (tertiary/aromatic N) is 1. The molecule has 0 aliphatic rings. The molecule has 3 nitrogen and oxygen atoms in total. The third kappa shape index (κ3) is 4.45. The number of hydrogen-bond donors (Lipinski definition) is 1. The van der Waals surface area contributed by atoms with Crippen LogP contribution in [0.5, 0.6) is 0 Å². The van der Waals surface area contributed by atoms with Crippen molar-refractivity contribution in [2.24, 2.45) is 0 Å². The molecule has 1 amide bonds. The van der Waals surface area contributed by atoms with Gasteiger partial charge in [-0.25, -0.2) is 0 Å². The lowest BCUT2D eigenvalue weighted by atomic mass is 10.1. The van der Waals surface area contributed by atoms with Crippen LogP contribution in [0.2, 0.25) is 0 Å². The fraction of sp³-hybridized carbons (Fsp3) is 0.462. The van der Waals surface area contributed by atoms with E-state index < -0.39 is 0 Å². The monoisotopic (exact) mass is 220 g/mol. The van der Waals surface area contributed by atoms with Gasteiger partial charge in [-0.15, -0.1) is 0 Å². The second-order valence-corrected chi connectivity index (χ2v) is 4.26. The molecular formula is C13H20N2O. The third-order valence-corrected chi connectivity index (χ3v) is 2.49. The Morgan fingerprint density at radius 1 is 1.31 bits per heavy atom. The second kappa shape index (κ2) is 6.28. The molecule has 0 aliphatic carbocycles. The van der Waals surface area contributed by atoms with Crippen LogP contribution in [0.15, 0.2) is 30.3 Å². The zero-order chi connectivity index (χ0) is 12.0. The number of rotatable bonds is 5. The first kappa shape index (κ1) is 12.7. The van der Waals surface area contributed by atoms with Gasteiger partial charge in [-0.05, 0) is 18.9 Å². The second-order valence-electron chi connectivity index (χ2n) is 4.26. The molecule has 0 bridgehead atoms. The van der Waals surface area contributed by atoms with Gasteiger partial charge in [-0.3, -0.25) is 4.79 Å². The van der Waals surface area contributed by atoms with E-state index in [1.807, 2.05) is 18.2 Å². The SMILES string of the molecule is CC(Cc1ccccc1)NCC(=O)N(C)C. The van der Waals surface area contributed by atoms with Crippen LogP contribution in [0.3, 0.4) is 0 Å². The molecule has 0 radical (unpaired) electrons. The number of likely N-dealkylation sites (N-methyl/N-ethyl adjacent to an activating group) is 1. The highest BCUT2D eigenvalue weighted by atomic mass is 16.2. The van der Waals surface area contributed by atoms with Crippen LogP contribution in [0.4, 0.5) is 0 Å². The van der Waals surface area contributed by atoms with Crippen molar-refractivity contribution >= 4 is 5.91 Å². The summed E-state index contributed by atoms with van der Waals surface area (Å²) in [5.74, 6) is 0.111. The molecule has 1 N–H and O–H groups in total. The molecule has 0 aromatic heterocycles. The first-order valence-corrected chi connectivity index (χ1v) is 5.57. The Morgan fingerprint density at radius 3 is 2.50 bits per heavy atom. The van der Waals surface area contributed by atoms with Crippen LogP contribution in [0.1, 0.15) is 12.5 Å². The van der Waals surface area contributed by atoms with Crippen molar-refractivity contribution in [3.8, 4) is 0 Å². The summed E-state index contributed by atoms with van der Waals surface area (Å²) in [6.45, 7) is 2.50. The molecule has 0 heterocycles. The summed E-state index contributed by atoms with van der Waals surface area (Å²) in [5, 5.41) is 3.22. The Bertz CT molecular complexity index is 322. The predicted molar refractivity (Wildman–Crippen MR) is 66.3 cm³/mol. The van der Waals surface area contributed by atoms with Gasteiger partial charge in [0.1, 0.15) is 0 Å². The lowest BCUT2D eigenvalue weighted by molar-refractivity contribution is -0.127. The number of amides is 1. The van der Waals surface area contributed by atoms with E-state index >= 15 is 0 Å². The van der Waals surface area contributed by atoms with Gasteiger partial charge < -0.3 is 10.2 Å². The molecule has 0 saturated carbocycles. The van der Waals surface area contributed by atoms with E-state index in [2.05, 4.69) is 24.4 Å². The van der Waals surface area contributed by atoms with Gasteiger partial charge in [-0.1, -0.05) is 30.3 Å². The minimum atomic E-state index is 0.111. The average molecular weight is 220 g/mol. The van der Waals surface area contributed by atoms with Crippen molar-refractivity contribution < 1.29 is 4.79 Å². The van der Waals surface area contributed by atoms with Crippen LogP contribution >= 0.6 is 0 Å². The fourth-order valence-electron chi connectivity index (χ4n) is 1.46. The zero-order valence-electron chi connectivity index (χ0n) is 10.2. The molecule has 1 atom stereocenters. The minimum Gasteiger partial charge on any atom is -0.348 e. The standard InChI is InChI=1S/C13H20N2O/c1-11(14-10-13(16)15(2)3)9-12-7-5-4-6-8-12/h4-8,11,14H,9-10H2,1-3H3. The van der Waals surface area contributed by atoms with Crippen molar-refractivity contribution in [2.75, 3.05) is 20.6 Å². The van der Waals surface area contributed by atoms with Gasteiger partial charge >= 0.3 is 0 Å². The van der Waals surface area contributed by atoms with Gasteiger partial charge in [0.15, 0.2) is 0 Å². The Kier molecular flexibility index (Phi) is 4.99. The predicted octanol–water partition coefficient (Wildman–Crippen LogP) is 1.30. The topological polar surface area (TPSA) is 32.3 Å². The highest BCUT2D eigenvalue weighted by molar-refractivity contribution is 5.77. The summed E-state index contributed by atoms with van der Waals surface area (Å²) in [6.07, 6.45) is 0.946. The number of carbonyl (C=O) groups is 1. The minimum absolute atomic E-state index is 0.111. The molecular weight excluding hydrogens is 200 g/mol. The first-order chi connectivity index (χ1) is 7.59. The highest BCUT2D eigenvalue weighted by Crippen LogP contribution is 2.02. The van der Waals surface area contributed by atoms with E-state index in [0.29, 0.717) is 12.6 Å². The number of nitrogens with one attached hydrogen (secondary N) is 1. The van der Waals surface area contributed by atoms with Crippen molar-refractivity contribution in [3.05, 3.63) is 35.9 Å². The summed E-state index contributed by atoms with van der Waals surface area (Å²) >= 11 is 0. The summed E-state index contributed by atoms with van der Waals surface area (Å²) in [5.41, 5.74) is 1.29. The van der Waals surface area contributed by atoms with Gasteiger partial charge in [0.2, 0.25) is 5.91 Å². The van der Waals surface area contributed by atoms with Crippen LogP contribution in [0.25, 0.3) is 0 Å². The molecule has 0 spiro atoms. The van der Waals surface area contributed by atoms with Crippen molar-refractivity contribution in [1.29, 1.82) is 0 Å². The summed E-state index contributed by atoms with van der Waals surface area (Å²) in [6, 6.07) is 10.6. The van der Waals surface area contributed by atoms with Crippen LogP contribution in [-0.2, 0) is 11.2 Å². The van der Waals surface area contributed by atoms with Gasteiger partial charge in [-0.2, -0.15) is 0 Å². The van der Waals surface area contributed by atoms with Crippen molar-refractivity contribution in [2.45, 2.75) is 19.4 Å². The van der Waals surface area contributed by atoms with E-state index in [9.17, 15) is 4.79 Å². The highest BCUT2D eigenvalue weighted by Gasteiger charge is 2.07. The van der Waals surface area contributed by atoms with Gasteiger partial charge in [0, 0.05) is 20.1 Å². The molecule has 16 heavy (non-hydrogen) atoms. The molecule has 0 fully saturated rings. The van der Waals surface area contributed by atoms with Crippen molar-refractivity contribution in [3.63, 3.8) is 0 Å². The largest absolute Gasteiger partial charge is 0.348 e. The smallest absolute Gasteiger partial charge is 0.236 e. The fourth-order valence-corrected chi connectivity index (χ4v) is 1.46. The van der Waals surface area contributed by atoms with Gasteiger partial charge in [0.05, 0.1) is 6.54 Å². The summed E-state index contributed by atoms with van der Waals surface area (Å²) < 4.78 is 0. The van der Waals surface area contributed by atoms with E-state index in [1.165, 1.54) is 5.56 Å². The third-order valence-electron chi connectivity index (χ3n) is 2.49. The number of hydrogen-bond acceptors (Lipinski definition) is 2. The molecule has 88 valence electrons. The number of benzene rings is 1. The van der Waals surface area contributed by atoms with Crippen molar-refractivity contribution in [1.82, 2.24) is 10.2 Å². The summed E-state index contributed by atoms with van der Waals surface area (Å²) in [7, 11) is 3.54. The molecule has 3 heteroatoms.